The highest BCUT2D eigenvalue weighted by Gasteiger charge is 2.20. The van der Waals surface area contributed by atoms with Gasteiger partial charge in [-0.1, -0.05) is 18.5 Å². The molecule has 0 saturated heterocycles. The van der Waals surface area contributed by atoms with Crippen molar-refractivity contribution >= 4 is 11.6 Å². The van der Waals surface area contributed by atoms with E-state index < -0.39 is 0 Å². The van der Waals surface area contributed by atoms with Crippen molar-refractivity contribution in [2.75, 3.05) is 13.2 Å². The van der Waals surface area contributed by atoms with Crippen LogP contribution in [0.4, 0.5) is 0 Å². The molecule has 1 N–H and O–H groups in total. The fraction of sp³-hybridized carbons (Fsp3) is 0.571. The number of nitrogens with one attached hydrogen (secondary N) is 1. The van der Waals surface area contributed by atoms with Gasteiger partial charge in [0.15, 0.2) is 0 Å². The first-order valence-corrected chi connectivity index (χ1v) is 6.65. The lowest BCUT2D eigenvalue weighted by Gasteiger charge is -2.15. The van der Waals surface area contributed by atoms with Gasteiger partial charge in [-0.05, 0) is 43.5 Å². The number of benzene rings is 1. The Labute approximate surface area is 108 Å². The molecule has 0 bridgehead atoms. The molecular formula is C14H20ClNO. The van der Waals surface area contributed by atoms with Gasteiger partial charge in [-0.3, -0.25) is 0 Å². The topological polar surface area (TPSA) is 21.3 Å². The van der Waals surface area contributed by atoms with Gasteiger partial charge in [-0.15, -0.1) is 0 Å². The van der Waals surface area contributed by atoms with E-state index in [9.17, 15) is 0 Å². The van der Waals surface area contributed by atoms with Crippen LogP contribution in [-0.2, 0) is 0 Å². The fourth-order valence-corrected chi connectivity index (χ4v) is 1.95. The minimum absolute atomic E-state index is 0.533. The molecule has 1 saturated carbocycles. The monoisotopic (exact) mass is 253 g/mol. The second-order valence-corrected chi connectivity index (χ2v) is 5.44. The van der Waals surface area contributed by atoms with Gasteiger partial charge in [0.05, 0.1) is 6.61 Å². The minimum Gasteiger partial charge on any atom is -0.493 e. The van der Waals surface area contributed by atoms with E-state index in [1.54, 1.807) is 0 Å². The smallest absolute Gasteiger partial charge is 0.122 e. The van der Waals surface area contributed by atoms with Crippen LogP contribution in [0.5, 0.6) is 5.75 Å². The number of rotatable bonds is 6. The average Bonchev–Trinajstić information content (AvgIpc) is 3.09. The molecule has 1 atom stereocenters. The summed E-state index contributed by atoms with van der Waals surface area (Å²) in [5.41, 5.74) is 1.10. The highest BCUT2D eigenvalue weighted by molar-refractivity contribution is 6.30. The zero-order valence-electron chi connectivity index (χ0n) is 10.5. The Morgan fingerprint density at radius 2 is 2.24 bits per heavy atom. The van der Waals surface area contributed by atoms with Crippen LogP contribution in [0.15, 0.2) is 18.2 Å². The first-order chi connectivity index (χ1) is 8.15. The molecule has 1 aromatic rings. The van der Waals surface area contributed by atoms with E-state index in [2.05, 4.69) is 12.2 Å². The van der Waals surface area contributed by atoms with E-state index in [0.29, 0.717) is 5.92 Å². The summed E-state index contributed by atoms with van der Waals surface area (Å²) in [6.45, 7) is 6.02. The van der Waals surface area contributed by atoms with Gasteiger partial charge in [-0.25, -0.2) is 0 Å². The molecule has 0 aliphatic heterocycles. The average molecular weight is 254 g/mol. The van der Waals surface area contributed by atoms with E-state index in [4.69, 9.17) is 16.3 Å². The summed E-state index contributed by atoms with van der Waals surface area (Å²) in [6, 6.07) is 6.52. The summed E-state index contributed by atoms with van der Waals surface area (Å²) >= 11 is 5.91. The van der Waals surface area contributed by atoms with Gasteiger partial charge >= 0.3 is 0 Å². The third-order valence-corrected chi connectivity index (χ3v) is 3.23. The van der Waals surface area contributed by atoms with E-state index in [-0.39, 0.29) is 0 Å². The molecule has 1 aromatic carbocycles. The SMILES string of the molecule is Cc1cc(Cl)ccc1OCC(C)CNC1CC1. The maximum atomic E-state index is 5.91. The van der Waals surface area contributed by atoms with E-state index in [0.717, 1.165) is 35.5 Å². The molecule has 0 spiro atoms. The van der Waals surface area contributed by atoms with Crippen molar-refractivity contribution in [1.29, 1.82) is 0 Å². The lowest BCUT2D eigenvalue weighted by Crippen LogP contribution is -2.26. The van der Waals surface area contributed by atoms with Crippen molar-refractivity contribution < 1.29 is 4.74 Å². The van der Waals surface area contributed by atoms with Crippen LogP contribution in [0.1, 0.15) is 25.3 Å². The molecule has 0 radical (unpaired) electrons. The van der Waals surface area contributed by atoms with E-state index in [1.165, 1.54) is 12.8 Å². The minimum atomic E-state index is 0.533. The van der Waals surface area contributed by atoms with Gasteiger partial charge in [-0.2, -0.15) is 0 Å². The molecule has 2 rings (SSSR count). The van der Waals surface area contributed by atoms with Gasteiger partial charge < -0.3 is 10.1 Å². The predicted molar refractivity (Wildman–Crippen MR) is 71.9 cm³/mol. The number of aryl methyl sites for hydroxylation is 1. The molecule has 94 valence electrons. The van der Waals surface area contributed by atoms with E-state index >= 15 is 0 Å². The van der Waals surface area contributed by atoms with Gasteiger partial charge in [0.2, 0.25) is 0 Å². The Balaban J connectivity index is 1.75. The van der Waals surface area contributed by atoms with Crippen molar-refractivity contribution in [3.63, 3.8) is 0 Å². The first kappa shape index (κ1) is 12.7. The van der Waals surface area contributed by atoms with Crippen molar-refractivity contribution in [2.24, 2.45) is 5.92 Å². The highest BCUT2D eigenvalue weighted by atomic mass is 35.5. The van der Waals surface area contributed by atoms with Crippen molar-refractivity contribution in [1.82, 2.24) is 5.32 Å². The molecular weight excluding hydrogens is 234 g/mol. The van der Waals surface area contributed by atoms with Crippen LogP contribution >= 0.6 is 11.6 Å². The Kier molecular flexibility index (Phi) is 4.30. The lowest BCUT2D eigenvalue weighted by atomic mass is 10.2. The molecule has 1 aliphatic rings. The Morgan fingerprint density at radius 1 is 1.47 bits per heavy atom. The van der Waals surface area contributed by atoms with Crippen molar-refractivity contribution in [3.8, 4) is 5.75 Å². The summed E-state index contributed by atoms with van der Waals surface area (Å²) in [4.78, 5) is 0. The van der Waals surface area contributed by atoms with Gasteiger partial charge in [0, 0.05) is 23.5 Å². The maximum absolute atomic E-state index is 5.91. The molecule has 0 aromatic heterocycles. The zero-order chi connectivity index (χ0) is 12.3. The zero-order valence-corrected chi connectivity index (χ0v) is 11.3. The molecule has 0 heterocycles. The third-order valence-electron chi connectivity index (χ3n) is 2.99. The molecule has 1 aliphatic carbocycles. The third kappa shape index (κ3) is 4.21. The normalized spacial score (nSPS) is 16.9. The number of ether oxygens (including phenoxy) is 1. The maximum Gasteiger partial charge on any atom is 0.122 e. The number of halogens is 1. The van der Waals surface area contributed by atoms with Crippen LogP contribution in [0.3, 0.4) is 0 Å². The Hall–Kier alpha value is -0.730. The summed E-state index contributed by atoms with van der Waals surface area (Å²) < 4.78 is 5.81. The molecule has 17 heavy (non-hydrogen) atoms. The van der Waals surface area contributed by atoms with Crippen molar-refractivity contribution in [3.05, 3.63) is 28.8 Å². The quantitative estimate of drug-likeness (QED) is 0.839. The second-order valence-electron chi connectivity index (χ2n) is 5.01. The van der Waals surface area contributed by atoms with E-state index in [1.807, 2.05) is 25.1 Å². The fourth-order valence-electron chi connectivity index (χ4n) is 1.72. The van der Waals surface area contributed by atoms with Crippen molar-refractivity contribution in [2.45, 2.75) is 32.7 Å². The molecule has 3 heteroatoms. The largest absolute Gasteiger partial charge is 0.493 e. The number of hydrogen-bond acceptors (Lipinski definition) is 2. The lowest BCUT2D eigenvalue weighted by molar-refractivity contribution is 0.254. The summed E-state index contributed by atoms with van der Waals surface area (Å²) in [5.74, 6) is 1.47. The summed E-state index contributed by atoms with van der Waals surface area (Å²) in [6.07, 6.45) is 2.67. The summed E-state index contributed by atoms with van der Waals surface area (Å²) in [5, 5.41) is 4.28. The Morgan fingerprint density at radius 3 is 2.88 bits per heavy atom. The summed E-state index contributed by atoms with van der Waals surface area (Å²) in [7, 11) is 0. The molecule has 0 amide bonds. The first-order valence-electron chi connectivity index (χ1n) is 6.27. The van der Waals surface area contributed by atoms with Crippen LogP contribution in [-0.4, -0.2) is 19.2 Å². The molecule has 1 unspecified atom stereocenters. The van der Waals surface area contributed by atoms with Gasteiger partial charge in [0.1, 0.15) is 5.75 Å². The highest BCUT2D eigenvalue weighted by Crippen LogP contribution is 2.22. The predicted octanol–water partition coefficient (Wildman–Crippen LogP) is 3.42. The van der Waals surface area contributed by atoms with Crippen LogP contribution in [0.2, 0.25) is 5.02 Å². The van der Waals surface area contributed by atoms with Crippen LogP contribution in [0.25, 0.3) is 0 Å². The Bertz CT molecular complexity index is 376. The van der Waals surface area contributed by atoms with Crippen LogP contribution < -0.4 is 10.1 Å². The standard InChI is InChI=1S/C14H20ClNO/c1-10(8-16-13-4-5-13)9-17-14-6-3-12(15)7-11(14)2/h3,6-7,10,13,16H,4-5,8-9H2,1-2H3. The van der Waals surface area contributed by atoms with Gasteiger partial charge in [0.25, 0.3) is 0 Å². The number of hydrogen-bond donors (Lipinski definition) is 1. The molecule has 2 nitrogen and oxygen atoms in total. The van der Waals surface area contributed by atoms with Crippen LogP contribution in [0, 0.1) is 12.8 Å². The second kappa shape index (κ2) is 5.74. The molecule has 1 fully saturated rings.